The molecule has 0 N–H and O–H groups in total. The molecular formula is C2H8OSi. The van der Waals surface area contributed by atoms with Crippen molar-refractivity contribution in [1.82, 2.24) is 0 Å². The summed E-state index contributed by atoms with van der Waals surface area (Å²) in [5.74, 6) is 0. The smallest absolute Gasteiger partial charge is 0.157 e. The van der Waals surface area contributed by atoms with Gasteiger partial charge in [0.25, 0.3) is 0 Å². The SMILES string of the molecule is [2H][Si]([2H])(C)OC. The minimum Gasteiger partial charge on any atom is -0.427 e. The fraction of sp³-hybridized carbons (Fsp3) is 1.00. The third-order valence-corrected chi connectivity index (χ3v) is 0.612. The average molecular weight is 78.2 g/mol. The van der Waals surface area contributed by atoms with Gasteiger partial charge in [-0.2, -0.15) is 0 Å². The van der Waals surface area contributed by atoms with Crippen LogP contribution in [-0.2, 0) is 4.43 Å². The summed E-state index contributed by atoms with van der Waals surface area (Å²) in [6.45, 7) is 1.49. The molecule has 0 fully saturated rings. The summed E-state index contributed by atoms with van der Waals surface area (Å²) in [7, 11) is -1.24. The zero-order valence-corrected chi connectivity index (χ0v) is 3.91. The third kappa shape index (κ3) is 2.18. The molecule has 0 saturated heterocycles. The highest BCUT2D eigenvalue weighted by Gasteiger charge is 1.55. The Labute approximate surface area is 31.4 Å². The Balaban J connectivity index is 3.17. The fourth-order valence-electron chi connectivity index (χ4n) is 0. The van der Waals surface area contributed by atoms with Crippen molar-refractivity contribution in [2.24, 2.45) is 0 Å². The van der Waals surface area contributed by atoms with E-state index in [0.29, 0.717) is 0 Å². The zero-order valence-electron chi connectivity index (χ0n) is 4.91. The Morgan fingerprint density at radius 1 is 2.25 bits per heavy atom. The van der Waals surface area contributed by atoms with Crippen LogP contribution in [0.4, 0.5) is 0 Å². The Hall–Kier alpha value is 0.177. The lowest BCUT2D eigenvalue weighted by molar-refractivity contribution is 0.446. The first-order valence-corrected chi connectivity index (χ1v) is 2.52. The summed E-state index contributed by atoms with van der Waals surface area (Å²) >= 11 is 0. The van der Waals surface area contributed by atoms with Gasteiger partial charge in [-0.3, -0.25) is 0 Å². The van der Waals surface area contributed by atoms with Crippen LogP contribution in [0, 0.1) is 0 Å². The van der Waals surface area contributed by atoms with Crippen molar-refractivity contribution in [3.05, 3.63) is 0 Å². The standard InChI is InChI=1S/C2H8OSi/c1-3-4-2/h4H2,1-2H3/i4D2. The topological polar surface area (TPSA) is 9.23 Å². The largest absolute Gasteiger partial charge is 0.427 e. The van der Waals surface area contributed by atoms with E-state index < -0.39 is 9.63 Å². The molecule has 0 saturated carbocycles. The molecule has 0 aliphatic heterocycles. The quantitative estimate of drug-likeness (QED) is 0.393. The van der Waals surface area contributed by atoms with Gasteiger partial charge in [0.1, 0.15) is 0 Å². The molecule has 1 nitrogen and oxygen atoms in total. The maximum absolute atomic E-state index is 6.76. The molecule has 0 aromatic carbocycles. The molecule has 0 unspecified atom stereocenters. The van der Waals surface area contributed by atoms with Crippen molar-refractivity contribution in [2.45, 2.75) is 6.55 Å². The van der Waals surface area contributed by atoms with Crippen molar-refractivity contribution in [3.8, 4) is 0 Å². The molecule has 0 aromatic rings. The van der Waals surface area contributed by atoms with Crippen LogP contribution in [0.5, 0.6) is 0 Å². The van der Waals surface area contributed by atoms with Crippen molar-refractivity contribution < 1.29 is 4.43 Å². The van der Waals surface area contributed by atoms with Crippen LogP contribution in [0.25, 0.3) is 0 Å². The summed E-state index contributed by atoms with van der Waals surface area (Å²) in [6.07, 6.45) is 0. The van der Waals surface area contributed by atoms with Gasteiger partial charge in [-0.1, -0.05) is 6.55 Å². The summed E-state index contributed by atoms with van der Waals surface area (Å²) in [5, 5.41) is 0. The molecule has 2 heteroatoms. The van der Waals surface area contributed by atoms with Gasteiger partial charge in [0.05, 0.1) is 0 Å². The first-order chi connectivity index (χ1) is 2.56. The van der Waals surface area contributed by atoms with E-state index in [-0.39, 0.29) is 0 Å². The second kappa shape index (κ2) is 3.18. The minimum atomic E-state index is -2.63. The van der Waals surface area contributed by atoms with E-state index >= 15 is 0 Å². The van der Waals surface area contributed by atoms with Gasteiger partial charge in [-0.15, -0.1) is 0 Å². The fourth-order valence-corrected chi connectivity index (χ4v) is 0. The number of hydrogen-bond acceptors (Lipinski definition) is 1. The number of rotatable bonds is 1. The van der Waals surface area contributed by atoms with E-state index in [9.17, 15) is 0 Å². The van der Waals surface area contributed by atoms with Crippen LogP contribution in [-0.4, -0.2) is 19.2 Å². The molecule has 0 spiro atoms. The summed E-state index contributed by atoms with van der Waals surface area (Å²) in [5.41, 5.74) is 0. The molecule has 0 aliphatic rings. The molecule has 0 radical (unpaired) electrons. The average Bonchev–Trinajstić information content (AvgIpc) is 1.35. The summed E-state index contributed by atoms with van der Waals surface area (Å²) < 4.78 is 17.9. The van der Waals surface area contributed by atoms with E-state index in [4.69, 9.17) is 2.47 Å². The highest BCUT2D eigenvalue weighted by molar-refractivity contribution is 6.24. The van der Waals surface area contributed by atoms with Crippen molar-refractivity contribution >= 4 is 9.63 Å². The van der Waals surface area contributed by atoms with Gasteiger partial charge < -0.3 is 4.43 Å². The van der Waals surface area contributed by atoms with E-state index in [1.54, 1.807) is 0 Å². The Morgan fingerprint density at radius 2 is 2.50 bits per heavy atom. The lowest BCUT2D eigenvalue weighted by Crippen LogP contribution is -1.79. The molecule has 26 valence electrons. The molecule has 0 rings (SSSR count). The second-order valence-corrected chi connectivity index (χ2v) is 1.22. The zero-order chi connectivity index (χ0) is 5.21. The highest BCUT2D eigenvalue weighted by atomic mass is 28.2. The minimum absolute atomic E-state index is 1.40. The van der Waals surface area contributed by atoms with Gasteiger partial charge in [-0.05, 0) is 0 Å². The normalized spacial score (nSPS) is 18.5. The third-order valence-electron chi connectivity index (χ3n) is 0.204. The molecule has 0 aliphatic carbocycles. The van der Waals surface area contributed by atoms with Crippen LogP contribution in [0.1, 0.15) is 0 Å². The van der Waals surface area contributed by atoms with Crippen LogP contribution in [0.2, 0.25) is 6.55 Å². The predicted molar refractivity (Wildman–Crippen MR) is 21.4 cm³/mol. The maximum atomic E-state index is 6.76. The van der Waals surface area contributed by atoms with Crippen LogP contribution < -0.4 is 0 Å². The van der Waals surface area contributed by atoms with Crippen LogP contribution >= 0.6 is 0 Å². The van der Waals surface area contributed by atoms with Crippen LogP contribution in [0.15, 0.2) is 0 Å². The summed E-state index contributed by atoms with van der Waals surface area (Å²) in [4.78, 5) is 0. The molecule has 0 bridgehead atoms. The van der Waals surface area contributed by atoms with Gasteiger partial charge in [0.2, 0.25) is 0 Å². The van der Waals surface area contributed by atoms with Gasteiger partial charge in [-0.25, -0.2) is 0 Å². The molecular weight excluding hydrogens is 68.1 g/mol. The molecule has 0 atom stereocenters. The van der Waals surface area contributed by atoms with Crippen molar-refractivity contribution in [1.29, 1.82) is 2.47 Å². The Bertz CT molecular complexity index is 41.3. The highest BCUT2D eigenvalue weighted by Crippen LogP contribution is 1.47. The molecule has 4 heavy (non-hydrogen) atoms. The lowest BCUT2D eigenvalue weighted by Gasteiger charge is -1.75. The predicted octanol–water partition coefficient (Wildman–Crippen LogP) is -0.235. The summed E-state index contributed by atoms with van der Waals surface area (Å²) in [6, 6.07) is 0. The first-order valence-electron chi connectivity index (χ1n) is 2.11. The molecule has 0 heterocycles. The van der Waals surface area contributed by atoms with Gasteiger partial charge in [0.15, 0.2) is 9.63 Å². The van der Waals surface area contributed by atoms with E-state index in [0.717, 1.165) is 0 Å². The van der Waals surface area contributed by atoms with Gasteiger partial charge in [0, 0.05) is 9.58 Å². The van der Waals surface area contributed by atoms with E-state index in [1.807, 2.05) is 0 Å². The lowest BCUT2D eigenvalue weighted by atomic mass is 11.8. The first kappa shape index (κ1) is 1.57. The monoisotopic (exact) mass is 78.0 g/mol. The molecule has 0 aromatic heterocycles. The Morgan fingerprint density at radius 3 is 2.50 bits per heavy atom. The van der Waals surface area contributed by atoms with Crippen molar-refractivity contribution in [2.75, 3.05) is 7.11 Å². The van der Waals surface area contributed by atoms with Crippen molar-refractivity contribution in [3.63, 3.8) is 0 Å². The maximum Gasteiger partial charge on any atom is 0.157 e. The van der Waals surface area contributed by atoms with Crippen LogP contribution in [0.3, 0.4) is 0 Å². The van der Waals surface area contributed by atoms with E-state index in [2.05, 4.69) is 4.43 Å². The van der Waals surface area contributed by atoms with E-state index in [1.165, 1.54) is 13.7 Å². The number of hydrogen-bond donors (Lipinski definition) is 0. The second-order valence-electron chi connectivity index (χ2n) is 0.408. The van der Waals surface area contributed by atoms with Gasteiger partial charge >= 0.3 is 0 Å². The molecule has 0 amide bonds. The Kier molecular flexibility index (Phi) is 1.25.